The van der Waals surface area contributed by atoms with Crippen LogP contribution in [0.1, 0.15) is 0 Å². The smallest absolute Gasteiger partial charge is 0.186 e. The Hall–Kier alpha value is -2.11. The Morgan fingerprint density at radius 2 is 2.13 bits per heavy atom. The lowest BCUT2D eigenvalue weighted by molar-refractivity contribution is -0.105. The fraction of sp³-hybridized carbons (Fsp3) is 0. The fourth-order valence-electron chi connectivity index (χ4n) is 0.761. The molecule has 0 fully saturated rings. The number of carbonyl (C=O) groups excluding carboxylic acids is 1. The molecule has 0 spiro atoms. The Balaban J connectivity index is 2.99. The molecule has 0 aromatic heterocycles. The minimum absolute atomic E-state index is 0.223. The molecule has 0 heterocycles. The van der Waals surface area contributed by atoms with Crippen molar-refractivity contribution in [1.82, 2.24) is 0 Å². The summed E-state index contributed by atoms with van der Waals surface area (Å²) in [7, 11) is 0. The van der Waals surface area contributed by atoms with Gasteiger partial charge in [-0.1, -0.05) is 6.07 Å². The van der Waals surface area contributed by atoms with Gasteiger partial charge in [0.15, 0.2) is 23.6 Å². The molecule has 0 amide bonds. The highest BCUT2D eigenvalue weighted by atomic mass is 19.2. The number of nitrogens with zero attached hydrogens (tertiary/aromatic N) is 2. The van der Waals surface area contributed by atoms with Gasteiger partial charge in [-0.2, -0.15) is 0 Å². The molecule has 0 aliphatic carbocycles. The van der Waals surface area contributed by atoms with Gasteiger partial charge in [0.05, 0.1) is 0 Å². The summed E-state index contributed by atoms with van der Waals surface area (Å²) in [5.41, 5.74) is -0.741. The first-order valence-corrected chi connectivity index (χ1v) is 3.84. The average Bonchev–Trinajstić information content (AvgIpc) is 2.25. The minimum Gasteiger partial charge on any atom is -0.513 e. The van der Waals surface area contributed by atoms with Gasteiger partial charge >= 0.3 is 0 Å². The van der Waals surface area contributed by atoms with Crippen LogP contribution in [0, 0.1) is 11.6 Å². The lowest BCUT2D eigenvalue weighted by Gasteiger charge is -1.95. The van der Waals surface area contributed by atoms with E-state index in [4.69, 9.17) is 5.11 Å². The van der Waals surface area contributed by atoms with Gasteiger partial charge in [0.2, 0.25) is 0 Å². The Morgan fingerprint density at radius 1 is 1.40 bits per heavy atom. The van der Waals surface area contributed by atoms with E-state index >= 15 is 0 Å². The van der Waals surface area contributed by atoms with Gasteiger partial charge < -0.3 is 5.11 Å². The van der Waals surface area contributed by atoms with Crippen LogP contribution in [-0.4, -0.2) is 11.4 Å². The number of halogens is 2. The third-order valence-corrected chi connectivity index (χ3v) is 1.46. The van der Waals surface area contributed by atoms with Crippen molar-refractivity contribution in [2.45, 2.75) is 0 Å². The van der Waals surface area contributed by atoms with Gasteiger partial charge in [0.1, 0.15) is 11.9 Å². The summed E-state index contributed by atoms with van der Waals surface area (Å²) in [5, 5.41) is 14.9. The second-order valence-corrected chi connectivity index (χ2v) is 2.44. The van der Waals surface area contributed by atoms with Crippen LogP contribution in [-0.2, 0) is 4.79 Å². The minimum atomic E-state index is -1.16. The van der Waals surface area contributed by atoms with E-state index in [1.807, 2.05) is 0 Å². The zero-order valence-electron chi connectivity index (χ0n) is 7.39. The van der Waals surface area contributed by atoms with E-state index < -0.39 is 17.3 Å². The van der Waals surface area contributed by atoms with Crippen LogP contribution >= 0.6 is 0 Å². The lowest BCUT2D eigenvalue weighted by atomic mass is 10.3. The van der Waals surface area contributed by atoms with Crippen molar-refractivity contribution in [3.8, 4) is 0 Å². The van der Waals surface area contributed by atoms with Crippen molar-refractivity contribution in [2.75, 3.05) is 0 Å². The zero-order valence-corrected chi connectivity index (χ0v) is 7.39. The van der Waals surface area contributed by atoms with E-state index in [9.17, 15) is 13.6 Å². The van der Waals surface area contributed by atoms with E-state index in [0.29, 0.717) is 6.26 Å². The second-order valence-electron chi connectivity index (χ2n) is 2.44. The van der Waals surface area contributed by atoms with Gasteiger partial charge in [-0.3, -0.25) is 4.79 Å². The molecule has 0 aliphatic rings. The number of aliphatic hydroxyl groups excluding tert-OH is 1. The molecule has 0 saturated carbocycles. The molecule has 0 bridgehead atoms. The van der Waals surface area contributed by atoms with Crippen molar-refractivity contribution < 1.29 is 18.7 Å². The number of benzene rings is 1. The monoisotopic (exact) mass is 212 g/mol. The molecule has 78 valence electrons. The predicted octanol–water partition coefficient (Wildman–Crippen LogP) is 2.65. The van der Waals surface area contributed by atoms with Crippen LogP contribution in [0.5, 0.6) is 0 Å². The van der Waals surface area contributed by atoms with Crippen LogP contribution in [0.4, 0.5) is 14.5 Å². The topological polar surface area (TPSA) is 62.0 Å². The quantitative estimate of drug-likeness (QED) is 0.362. The van der Waals surface area contributed by atoms with Gasteiger partial charge in [0.25, 0.3) is 0 Å². The van der Waals surface area contributed by atoms with Crippen LogP contribution in [0.15, 0.2) is 40.4 Å². The van der Waals surface area contributed by atoms with E-state index in [2.05, 4.69) is 10.2 Å². The molecule has 0 aliphatic heterocycles. The van der Waals surface area contributed by atoms with Crippen molar-refractivity contribution in [3.63, 3.8) is 0 Å². The van der Waals surface area contributed by atoms with E-state index in [1.165, 1.54) is 12.1 Å². The Bertz CT molecular complexity index is 430. The van der Waals surface area contributed by atoms with Crippen molar-refractivity contribution >= 4 is 12.0 Å². The molecule has 1 rings (SSSR count). The average molecular weight is 212 g/mol. The maximum atomic E-state index is 13.0. The molecule has 1 N–H and O–H groups in total. The fourth-order valence-corrected chi connectivity index (χ4v) is 0.761. The molecule has 0 radical (unpaired) electrons. The summed E-state index contributed by atoms with van der Waals surface area (Å²) < 4.78 is 25.6. The van der Waals surface area contributed by atoms with Crippen molar-refractivity contribution in [2.24, 2.45) is 10.2 Å². The van der Waals surface area contributed by atoms with Crippen molar-refractivity contribution in [1.29, 1.82) is 0 Å². The van der Waals surface area contributed by atoms with Gasteiger partial charge in [-0.15, -0.1) is 10.2 Å². The molecular formula is C9H6F2N2O2. The summed E-state index contributed by atoms with van der Waals surface area (Å²) in [4.78, 5) is 10.2. The van der Waals surface area contributed by atoms with Crippen molar-refractivity contribution in [3.05, 3.63) is 41.8 Å². The first-order chi connectivity index (χ1) is 7.19. The maximum absolute atomic E-state index is 13.0. The third kappa shape index (κ3) is 2.67. The van der Waals surface area contributed by atoms with Crippen LogP contribution < -0.4 is 0 Å². The molecular weight excluding hydrogens is 206 g/mol. The molecule has 0 saturated heterocycles. The number of allylic oxidation sites excluding steroid dienone is 1. The number of rotatable bonds is 3. The van der Waals surface area contributed by atoms with Gasteiger partial charge in [0, 0.05) is 0 Å². The largest absolute Gasteiger partial charge is 0.513 e. The summed E-state index contributed by atoms with van der Waals surface area (Å²) in [6, 6.07) is 3.36. The predicted molar refractivity (Wildman–Crippen MR) is 47.6 cm³/mol. The SMILES string of the molecule is O=CC(=CO)N=Nc1cccc(F)c1F. The summed E-state index contributed by atoms with van der Waals surface area (Å²) in [6.45, 7) is 0. The number of hydrogen-bond donors (Lipinski definition) is 1. The van der Waals surface area contributed by atoms with Crippen LogP contribution in [0.3, 0.4) is 0 Å². The number of azo groups is 1. The summed E-state index contributed by atoms with van der Waals surface area (Å²) in [6.07, 6.45) is 0.633. The number of carbonyl (C=O) groups is 1. The first kappa shape index (κ1) is 11.0. The van der Waals surface area contributed by atoms with Crippen LogP contribution in [0.2, 0.25) is 0 Å². The zero-order chi connectivity index (χ0) is 11.3. The number of hydrogen-bond acceptors (Lipinski definition) is 4. The first-order valence-electron chi connectivity index (χ1n) is 3.84. The van der Waals surface area contributed by atoms with Gasteiger partial charge in [-0.25, -0.2) is 8.78 Å². The molecule has 6 heteroatoms. The third-order valence-electron chi connectivity index (χ3n) is 1.46. The highest BCUT2D eigenvalue weighted by Gasteiger charge is 2.06. The van der Waals surface area contributed by atoms with E-state index in [0.717, 1.165) is 6.07 Å². The lowest BCUT2D eigenvalue weighted by Crippen LogP contribution is -1.83. The highest BCUT2D eigenvalue weighted by Crippen LogP contribution is 2.20. The van der Waals surface area contributed by atoms with Crippen LogP contribution in [0.25, 0.3) is 0 Å². The standard InChI is InChI=1S/C9H6F2N2O2/c10-7-2-1-3-8(9(7)11)13-12-6(4-14)5-15/h1-5,14H. The van der Waals surface area contributed by atoms with E-state index in [1.54, 1.807) is 0 Å². The number of aliphatic hydroxyl groups is 1. The Morgan fingerprint density at radius 3 is 2.73 bits per heavy atom. The molecule has 1 aromatic carbocycles. The van der Waals surface area contributed by atoms with Gasteiger partial charge in [-0.05, 0) is 12.1 Å². The normalized spacial score (nSPS) is 12.0. The molecule has 1 aromatic rings. The summed E-state index contributed by atoms with van der Waals surface area (Å²) in [5.74, 6) is -2.23. The molecule has 0 atom stereocenters. The highest BCUT2D eigenvalue weighted by molar-refractivity contribution is 5.71. The Labute approximate surface area is 83.6 Å². The van der Waals surface area contributed by atoms with E-state index in [-0.39, 0.29) is 12.0 Å². The maximum Gasteiger partial charge on any atom is 0.186 e. The molecule has 0 unspecified atom stereocenters. The molecule has 15 heavy (non-hydrogen) atoms. The summed E-state index contributed by atoms with van der Waals surface area (Å²) >= 11 is 0. The number of aldehydes is 1. The second kappa shape index (κ2) is 4.94. The Kier molecular flexibility index (Phi) is 3.61. The molecule has 4 nitrogen and oxygen atoms in total.